The number of carbonyl (C=O) groups excluding carboxylic acids is 2. The quantitative estimate of drug-likeness (QED) is 0.489. The Kier molecular flexibility index (Phi) is 7.50. The number of anilines is 2. The van der Waals surface area contributed by atoms with Gasteiger partial charge in [0.05, 0.1) is 16.8 Å². The molecule has 1 heterocycles. The number of fused-ring (bicyclic) bond motifs is 1. The number of carbonyl (C=O) groups is 2. The standard InChI is InChI=1S/C23H36N2O3/c1-7-8-9-10-12-25-13-11-19-16(2)14-17(3)20(21(19)25)24-22(27)23(5,6)15-28-18(4)26/h14H,7-13,15H2,1-6H3,(H,24,27). The van der Waals surface area contributed by atoms with Crippen LogP contribution in [0.3, 0.4) is 0 Å². The normalized spacial score (nSPS) is 13.4. The minimum atomic E-state index is -0.791. The van der Waals surface area contributed by atoms with Gasteiger partial charge in [0.2, 0.25) is 5.91 Å². The molecule has 1 aliphatic rings. The van der Waals surface area contributed by atoms with Gasteiger partial charge in [-0.25, -0.2) is 0 Å². The molecule has 1 aliphatic heterocycles. The Balaban J connectivity index is 2.24. The van der Waals surface area contributed by atoms with Crippen LogP contribution in [0.1, 0.15) is 70.1 Å². The Labute approximate surface area is 169 Å². The number of nitrogens with zero attached hydrogens (tertiary/aromatic N) is 1. The van der Waals surface area contributed by atoms with Crippen LogP contribution >= 0.6 is 0 Å². The summed E-state index contributed by atoms with van der Waals surface area (Å²) >= 11 is 0. The van der Waals surface area contributed by atoms with Gasteiger partial charge >= 0.3 is 5.97 Å². The van der Waals surface area contributed by atoms with Crippen molar-refractivity contribution >= 4 is 23.3 Å². The molecule has 1 aromatic rings. The first-order chi connectivity index (χ1) is 13.2. The van der Waals surface area contributed by atoms with Gasteiger partial charge in [0, 0.05) is 20.0 Å². The van der Waals surface area contributed by atoms with Gasteiger partial charge in [-0.1, -0.05) is 32.3 Å². The van der Waals surface area contributed by atoms with Gasteiger partial charge in [-0.15, -0.1) is 0 Å². The van der Waals surface area contributed by atoms with Crippen LogP contribution in [0.4, 0.5) is 11.4 Å². The van der Waals surface area contributed by atoms with Crippen molar-refractivity contribution < 1.29 is 14.3 Å². The highest BCUT2D eigenvalue weighted by atomic mass is 16.5. The van der Waals surface area contributed by atoms with E-state index in [1.807, 2.05) is 0 Å². The summed E-state index contributed by atoms with van der Waals surface area (Å²) < 4.78 is 5.09. The van der Waals surface area contributed by atoms with Crippen LogP contribution in [-0.2, 0) is 20.7 Å². The van der Waals surface area contributed by atoms with Crippen LogP contribution in [0, 0.1) is 19.3 Å². The van der Waals surface area contributed by atoms with Crippen molar-refractivity contribution in [2.24, 2.45) is 5.41 Å². The lowest BCUT2D eigenvalue weighted by molar-refractivity contribution is -0.146. The zero-order valence-corrected chi connectivity index (χ0v) is 18.4. The van der Waals surface area contributed by atoms with Crippen molar-refractivity contribution in [1.82, 2.24) is 0 Å². The predicted octanol–water partition coefficient (Wildman–Crippen LogP) is 4.77. The van der Waals surface area contributed by atoms with E-state index in [9.17, 15) is 9.59 Å². The summed E-state index contributed by atoms with van der Waals surface area (Å²) in [6, 6.07) is 2.16. The first kappa shape index (κ1) is 22.3. The second kappa shape index (κ2) is 9.44. The molecule has 156 valence electrons. The number of benzene rings is 1. The minimum absolute atomic E-state index is 0.0714. The molecule has 1 aromatic carbocycles. The molecule has 0 bridgehead atoms. The average Bonchev–Trinajstić information content (AvgIpc) is 3.05. The molecular weight excluding hydrogens is 352 g/mol. The maximum atomic E-state index is 13.0. The third-order valence-electron chi connectivity index (χ3n) is 5.55. The first-order valence-electron chi connectivity index (χ1n) is 10.5. The molecule has 0 unspecified atom stereocenters. The lowest BCUT2D eigenvalue weighted by atomic mass is 9.92. The van der Waals surface area contributed by atoms with Crippen LogP contribution in [0.5, 0.6) is 0 Å². The van der Waals surface area contributed by atoms with Crippen molar-refractivity contribution in [3.8, 4) is 0 Å². The van der Waals surface area contributed by atoms with Gasteiger partial charge in [-0.05, 0) is 57.2 Å². The zero-order valence-electron chi connectivity index (χ0n) is 18.4. The van der Waals surface area contributed by atoms with E-state index in [0.717, 1.165) is 30.8 Å². The number of nitrogens with one attached hydrogen (secondary N) is 1. The SMILES string of the molecule is CCCCCCN1CCc2c(C)cc(C)c(NC(=O)C(C)(C)COC(C)=O)c21. The number of hydrogen-bond donors (Lipinski definition) is 1. The first-order valence-corrected chi connectivity index (χ1v) is 10.5. The molecule has 0 saturated carbocycles. The van der Waals surface area contributed by atoms with Crippen molar-refractivity contribution in [2.45, 2.75) is 73.6 Å². The summed E-state index contributed by atoms with van der Waals surface area (Å²) in [7, 11) is 0. The second-order valence-corrected chi connectivity index (χ2v) is 8.63. The molecule has 0 aromatic heterocycles. The van der Waals surface area contributed by atoms with Gasteiger partial charge in [0.25, 0.3) is 0 Å². The molecule has 0 aliphatic carbocycles. The average molecular weight is 389 g/mol. The lowest BCUT2D eigenvalue weighted by Crippen LogP contribution is -2.36. The monoisotopic (exact) mass is 388 g/mol. The lowest BCUT2D eigenvalue weighted by Gasteiger charge is -2.28. The van der Waals surface area contributed by atoms with Crippen molar-refractivity contribution in [3.05, 3.63) is 22.8 Å². The Morgan fingerprint density at radius 2 is 1.89 bits per heavy atom. The number of hydrogen-bond acceptors (Lipinski definition) is 4. The molecule has 28 heavy (non-hydrogen) atoms. The third kappa shape index (κ3) is 5.27. The summed E-state index contributed by atoms with van der Waals surface area (Å²) in [6.07, 6.45) is 5.93. The Hall–Kier alpha value is -2.04. The highest BCUT2D eigenvalue weighted by Gasteiger charge is 2.32. The number of esters is 1. The van der Waals surface area contributed by atoms with E-state index in [1.165, 1.54) is 49.4 Å². The molecule has 2 rings (SSSR count). The molecule has 0 fully saturated rings. The summed E-state index contributed by atoms with van der Waals surface area (Å²) in [5.41, 5.74) is 5.02. The summed E-state index contributed by atoms with van der Waals surface area (Å²) in [5.74, 6) is -0.493. The fourth-order valence-corrected chi connectivity index (χ4v) is 3.77. The predicted molar refractivity (Wildman–Crippen MR) is 115 cm³/mol. The fraction of sp³-hybridized carbons (Fsp3) is 0.652. The molecule has 0 spiro atoms. The number of unbranched alkanes of at least 4 members (excludes halogenated alkanes) is 3. The highest BCUT2D eigenvalue weighted by Crippen LogP contribution is 2.41. The van der Waals surface area contributed by atoms with E-state index >= 15 is 0 Å². The van der Waals surface area contributed by atoms with Crippen LogP contribution in [0.2, 0.25) is 0 Å². The largest absolute Gasteiger partial charge is 0.465 e. The topological polar surface area (TPSA) is 58.6 Å². The number of ether oxygens (including phenoxy) is 1. The van der Waals surface area contributed by atoms with Crippen molar-refractivity contribution in [3.63, 3.8) is 0 Å². The Morgan fingerprint density at radius 1 is 1.18 bits per heavy atom. The molecule has 0 saturated heterocycles. The van der Waals surface area contributed by atoms with Crippen LogP contribution in [-0.4, -0.2) is 31.6 Å². The summed E-state index contributed by atoms with van der Waals surface area (Å²) in [4.78, 5) is 26.5. The molecule has 1 amide bonds. The zero-order chi connectivity index (χ0) is 20.9. The maximum Gasteiger partial charge on any atom is 0.302 e. The van der Waals surface area contributed by atoms with Gasteiger partial charge in [-0.2, -0.15) is 0 Å². The van der Waals surface area contributed by atoms with E-state index < -0.39 is 5.41 Å². The van der Waals surface area contributed by atoms with E-state index in [4.69, 9.17) is 4.74 Å². The number of aryl methyl sites for hydroxylation is 2. The van der Waals surface area contributed by atoms with Gasteiger partial charge < -0.3 is 15.0 Å². The summed E-state index contributed by atoms with van der Waals surface area (Å²) in [6.45, 7) is 13.5. The van der Waals surface area contributed by atoms with E-state index in [-0.39, 0.29) is 18.5 Å². The Morgan fingerprint density at radius 3 is 2.54 bits per heavy atom. The number of rotatable bonds is 9. The van der Waals surface area contributed by atoms with Gasteiger partial charge in [0.15, 0.2) is 0 Å². The molecular formula is C23H36N2O3. The van der Waals surface area contributed by atoms with Crippen LogP contribution in [0.25, 0.3) is 0 Å². The smallest absolute Gasteiger partial charge is 0.302 e. The Bertz CT molecular complexity index is 725. The van der Waals surface area contributed by atoms with Crippen molar-refractivity contribution in [1.29, 1.82) is 0 Å². The molecule has 5 nitrogen and oxygen atoms in total. The second-order valence-electron chi connectivity index (χ2n) is 8.63. The molecule has 0 atom stereocenters. The van der Waals surface area contributed by atoms with Gasteiger partial charge in [0.1, 0.15) is 6.61 Å². The third-order valence-corrected chi connectivity index (χ3v) is 5.55. The maximum absolute atomic E-state index is 13.0. The van der Waals surface area contributed by atoms with Crippen LogP contribution in [0.15, 0.2) is 6.07 Å². The highest BCUT2D eigenvalue weighted by molar-refractivity contribution is 6.00. The van der Waals surface area contributed by atoms with E-state index in [0.29, 0.717) is 0 Å². The summed E-state index contributed by atoms with van der Waals surface area (Å²) in [5, 5.41) is 3.16. The molecule has 5 heteroatoms. The van der Waals surface area contributed by atoms with E-state index in [2.05, 4.69) is 37.1 Å². The van der Waals surface area contributed by atoms with E-state index in [1.54, 1.807) is 13.8 Å². The minimum Gasteiger partial charge on any atom is -0.465 e. The van der Waals surface area contributed by atoms with Gasteiger partial charge in [-0.3, -0.25) is 9.59 Å². The molecule has 1 N–H and O–H groups in total. The number of amides is 1. The van der Waals surface area contributed by atoms with Crippen LogP contribution < -0.4 is 10.2 Å². The van der Waals surface area contributed by atoms with Crippen molar-refractivity contribution in [2.75, 3.05) is 29.9 Å². The molecule has 0 radical (unpaired) electrons. The fourth-order valence-electron chi connectivity index (χ4n) is 3.77.